The van der Waals surface area contributed by atoms with Crippen LogP contribution in [-0.4, -0.2) is 138 Å². The number of likely N-dealkylation sites (tertiary alicyclic amines) is 1. The van der Waals surface area contributed by atoms with Gasteiger partial charge >= 0.3 is 5.97 Å². The quantitative estimate of drug-likeness (QED) is 0.0774. The van der Waals surface area contributed by atoms with E-state index in [0.717, 1.165) is 24.8 Å². The second kappa shape index (κ2) is 22.2. The molecule has 0 aromatic heterocycles. The molecule has 1 aromatic carbocycles. The van der Waals surface area contributed by atoms with Gasteiger partial charge in [0.2, 0.25) is 5.91 Å². The minimum absolute atomic E-state index is 0.0324. The van der Waals surface area contributed by atoms with E-state index in [1.807, 2.05) is 69.9 Å². The number of carboxylic acids is 1. The van der Waals surface area contributed by atoms with Crippen molar-refractivity contribution < 1.29 is 39.5 Å². The summed E-state index contributed by atoms with van der Waals surface area (Å²) in [6, 6.07) is 6.76. The van der Waals surface area contributed by atoms with Gasteiger partial charge in [-0.15, -0.1) is 0 Å². The summed E-state index contributed by atoms with van der Waals surface area (Å²) in [6.45, 7) is 14.5. The van der Waals surface area contributed by atoms with E-state index in [2.05, 4.69) is 29.8 Å². The van der Waals surface area contributed by atoms with E-state index in [1.165, 1.54) is 0 Å². The van der Waals surface area contributed by atoms with E-state index >= 15 is 0 Å². The Kier molecular flexibility index (Phi) is 19.7. The van der Waals surface area contributed by atoms with Crippen LogP contribution in [0.4, 0.5) is 0 Å². The Labute approximate surface area is 312 Å². The molecule has 0 aliphatic carbocycles. The lowest BCUT2D eigenvalue weighted by molar-refractivity contribution is -0.146. The second-order valence-electron chi connectivity index (χ2n) is 15.4. The maximum atomic E-state index is 14.2. The van der Waals surface area contributed by atoms with Crippen molar-refractivity contribution in [2.24, 2.45) is 23.7 Å². The summed E-state index contributed by atoms with van der Waals surface area (Å²) in [7, 11) is 6.74. The van der Waals surface area contributed by atoms with Gasteiger partial charge in [0.15, 0.2) is 0 Å². The zero-order valence-electron chi connectivity index (χ0n) is 33.5. The van der Waals surface area contributed by atoms with E-state index in [4.69, 9.17) is 9.47 Å². The van der Waals surface area contributed by atoms with Gasteiger partial charge in [-0.3, -0.25) is 25.1 Å². The third-order valence-electron chi connectivity index (χ3n) is 11.2. The lowest BCUT2D eigenvalue weighted by Gasteiger charge is -2.43. The predicted octanol–water partition coefficient (Wildman–Crippen LogP) is 2.48. The van der Waals surface area contributed by atoms with Crippen LogP contribution in [0.1, 0.15) is 79.7 Å². The van der Waals surface area contributed by atoms with Crippen molar-refractivity contribution in [3.63, 3.8) is 0 Å². The highest BCUT2D eigenvalue weighted by Crippen LogP contribution is 2.32. The molecule has 13 nitrogen and oxygen atoms in total. The first-order chi connectivity index (χ1) is 24.5. The number of amides is 1. The average molecular weight is 738 g/mol. The molecule has 11 unspecified atom stereocenters. The first-order valence-electron chi connectivity index (χ1n) is 19.1. The number of rotatable bonds is 24. The Balaban J connectivity index is 2.25. The standard InChI is InChI=1S/C39H71N5O8/c1-12-25(6)34(43(9)38(48)33(24(4)5)42-37(47)32(40-8)23(2)3)30(51-10)22-31(45)44-20-16-19-29(44)35(52-11)26(7)36(46)41-28(39(49)50)21-27-17-14-13-15-18-27/h13-15,17-18,23-26,28-37,40-42,45-47H,12,16,19-22H2,1-11H3,(H,49,50)/t25?,26?,28?,29?,30?,31?,32?,33-,34?,35?,36?,37?/m0/s1. The normalized spacial score (nSPS) is 21.9. The van der Waals surface area contributed by atoms with Gasteiger partial charge < -0.3 is 40.1 Å². The number of nitrogens with zero attached hydrogens (tertiary/aromatic N) is 2. The summed E-state index contributed by atoms with van der Waals surface area (Å²) in [5, 5.41) is 53.3. The highest BCUT2D eigenvalue weighted by Gasteiger charge is 2.43. The number of hydrogen-bond acceptors (Lipinski definition) is 11. The van der Waals surface area contributed by atoms with Crippen LogP contribution in [0, 0.1) is 23.7 Å². The van der Waals surface area contributed by atoms with Crippen LogP contribution in [0.5, 0.6) is 0 Å². The summed E-state index contributed by atoms with van der Waals surface area (Å²) >= 11 is 0. The number of benzene rings is 1. The molecule has 0 saturated carbocycles. The van der Waals surface area contributed by atoms with Gasteiger partial charge in [-0.05, 0) is 49.6 Å². The van der Waals surface area contributed by atoms with Crippen LogP contribution >= 0.6 is 0 Å². The van der Waals surface area contributed by atoms with Crippen molar-refractivity contribution in [1.29, 1.82) is 0 Å². The number of aliphatic hydroxyl groups is 3. The fraction of sp³-hybridized carbons (Fsp3) is 0.795. The average Bonchev–Trinajstić information content (AvgIpc) is 3.59. The van der Waals surface area contributed by atoms with Crippen LogP contribution < -0.4 is 16.0 Å². The molecule has 0 radical (unpaired) electrons. The van der Waals surface area contributed by atoms with Crippen molar-refractivity contribution in [1.82, 2.24) is 25.8 Å². The molecule has 1 fully saturated rings. The molecule has 1 amide bonds. The molecule has 1 aliphatic rings. The highest BCUT2D eigenvalue weighted by atomic mass is 16.5. The molecule has 1 heterocycles. The number of carbonyl (C=O) groups is 2. The molecule has 7 N–H and O–H groups in total. The van der Waals surface area contributed by atoms with E-state index in [0.29, 0.717) is 6.54 Å². The van der Waals surface area contributed by atoms with Gasteiger partial charge in [0.1, 0.15) is 24.7 Å². The zero-order valence-corrected chi connectivity index (χ0v) is 33.5. The summed E-state index contributed by atoms with van der Waals surface area (Å²) in [5.41, 5.74) is 0.841. The van der Waals surface area contributed by atoms with E-state index < -0.39 is 54.9 Å². The number of nitrogens with one attached hydrogen (secondary N) is 3. The zero-order chi connectivity index (χ0) is 39.3. The van der Waals surface area contributed by atoms with Crippen LogP contribution in [-0.2, 0) is 25.5 Å². The van der Waals surface area contributed by atoms with Crippen molar-refractivity contribution in [2.75, 3.05) is 34.9 Å². The minimum atomic E-state index is -1.18. The molecule has 52 heavy (non-hydrogen) atoms. The van der Waals surface area contributed by atoms with Crippen molar-refractivity contribution in [3.8, 4) is 0 Å². The van der Waals surface area contributed by atoms with Crippen molar-refractivity contribution >= 4 is 11.9 Å². The molecule has 1 aromatic rings. The Morgan fingerprint density at radius 2 is 1.60 bits per heavy atom. The second-order valence-corrected chi connectivity index (χ2v) is 15.4. The van der Waals surface area contributed by atoms with Gasteiger partial charge in [0.05, 0.1) is 24.3 Å². The smallest absolute Gasteiger partial charge is 0.321 e. The van der Waals surface area contributed by atoms with Crippen molar-refractivity contribution in [2.45, 2.75) is 142 Å². The number of aliphatic hydroxyl groups excluding tert-OH is 3. The van der Waals surface area contributed by atoms with Gasteiger partial charge in [0.25, 0.3) is 0 Å². The topological polar surface area (TPSA) is 176 Å². The maximum absolute atomic E-state index is 14.2. The first-order valence-corrected chi connectivity index (χ1v) is 19.1. The number of likely N-dealkylation sites (N-methyl/N-ethyl adjacent to an activating group) is 2. The third kappa shape index (κ3) is 12.4. The largest absolute Gasteiger partial charge is 0.480 e. The van der Waals surface area contributed by atoms with Crippen LogP contribution in [0.3, 0.4) is 0 Å². The van der Waals surface area contributed by atoms with E-state index in [1.54, 1.807) is 33.2 Å². The lowest BCUT2D eigenvalue weighted by atomic mass is 9.89. The molecule has 0 spiro atoms. The molecule has 300 valence electrons. The van der Waals surface area contributed by atoms with Gasteiger partial charge in [0, 0.05) is 52.2 Å². The summed E-state index contributed by atoms with van der Waals surface area (Å²) in [6.07, 6.45) is -1.35. The Bertz CT molecular complexity index is 1180. The Morgan fingerprint density at radius 3 is 2.10 bits per heavy atom. The monoisotopic (exact) mass is 738 g/mol. The highest BCUT2D eigenvalue weighted by molar-refractivity contribution is 5.82. The number of hydrogen-bond donors (Lipinski definition) is 7. The summed E-state index contributed by atoms with van der Waals surface area (Å²) in [4.78, 5) is 30.0. The maximum Gasteiger partial charge on any atom is 0.321 e. The number of ether oxygens (including phenoxy) is 2. The fourth-order valence-corrected chi connectivity index (χ4v) is 7.88. The molecule has 12 atom stereocenters. The summed E-state index contributed by atoms with van der Waals surface area (Å²) in [5.74, 6) is -1.66. The van der Waals surface area contributed by atoms with Crippen LogP contribution in [0.15, 0.2) is 30.3 Å². The molecule has 1 aliphatic heterocycles. The lowest BCUT2D eigenvalue weighted by Crippen LogP contribution is -2.61. The van der Waals surface area contributed by atoms with E-state index in [-0.39, 0.29) is 54.6 Å². The minimum Gasteiger partial charge on any atom is -0.480 e. The van der Waals surface area contributed by atoms with E-state index in [9.17, 15) is 30.0 Å². The fourth-order valence-electron chi connectivity index (χ4n) is 7.88. The number of aliphatic carboxylic acids is 1. The van der Waals surface area contributed by atoms with Gasteiger partial charge in [-0.1, -0.05) is 85.2 Å². The van der Waals surface area contributed by atoms with Crippen molar-refractivity contribution in [3.05, 3.63) is 35.9 Å². The third-order valence-corrected chi connectivity index (χ3v) is 11.2. The molecule has 2 rings (SSSR count). The molecular weight excluding hydrogens is 666 g/mol. The molecule has 13 heteroatoms. The predicted molar refractivity (Wildman–Crippen MR) is 203 cm³/mol. The Morgan fingerprint density at radius 1 is 0.962 bits per heavy atom. The molecular formula is C39H71N5O8. The molecule has 0 bridgehead atoms. The first kappa shape index (κ1) is 46.0. The number of carbonyl (C=O) groups excluding carboxylic acids is 1. The summed E-state index contributed by atoms with van der Waals surface area (Å²) < 4.78 is 12.0. The number of methoxy groups -OCH3 is 2. The Hall–Kier alpha value is -2.20. The SMILES string of the molecule is CCC(C)C(C(CC(O)N1CCCC1C(OC)C(C)C(O)NC(Cc1ccccc1)C(=O)O)OC)N(C)C(=O)[C@@H](NC(O)C(NC)C(C)C)C(C)C. The number of carboxylic acid groups (broad SMARTS) is 1. The van der Waals surface area contributed by atoms with Crippen LogP contribution in [0.25, 0.3) is 0 Å². The molecule has 1 saturated heterocycles. The van der Waals surface area contributed by atoms with Gasteiger partial charge in [-0.25, -0.2) is 0 Å². The van der Waals surface area contributed by atoms with Gasteiger partial charge in [-0.2, -0.15) is 0 Å². The van der Waals surface area contributed by atoms with Crippen LogP contribution in [0.2, 0.25) is 0 Å².